The van der Waals surface area contributed by atoms with Gasteiger partial charge in [-0.25, -0.2) is 4.79 Å². The van der Waals surface area contributed by atoms with E-state index in [-0.39, 0.29) is 11.2 Å². The van der Waals surface area contributed by atoms with Crippen LogP contribution in [0.5, 0.6) is 0 Å². The molecule has 0 aliphatic carbocycles. The number of rotatable bonds is 6. The SMILES string of the molecule is CCOC(=O)c1cc([C@@H](SC(C)C)c2ccccc2)n2ccccc12. The van der Waals surface area contributed by atoms with Crippen LogP contribution in [0, 0.1) is 0 Å². The standard InChI is InChI=1S/C21H23NO2S/c1-4-24-21(23)17-14-19(22-13-9-8-12-18(17)22)20(25-15(2)3)16-10-6-5-7-11-16/h5-15,20H,4H2,1-3H3/t20-/m0/s1. The molecule has 0 spiro atoms. The number of hydrogen-bond donors (Lipinski definition) is 0. The van der Waals surface area contributed by atoms with Crippen molar-refractivity contribution in [1.82, 2.24) is 4.40 Å². The average molecular weight is 353 g/mol. The highest BCUT2D eigenvalue weighted by atomic mass is 32.2. The van der Waals surface area contributed by atoms with Crippen molar-refractivity contribution in [2.45, 2.75) is 31.3 Å². The predicted molar refractivity (Wildman–Crippen MR) is 104 cm³/mol. The van der Waals surface area contributed by atoms with Gasteiger partial charge in [0.2, 0.25) is 0 Å². The highest BCUT2D eigenvalue weighted by molar-refractivity contribution is 8.00. The van der Waals surface area contributed by atoms with Gasteiger partial charge in [-0.05, 0) is 30.7 Å². The Morgan fingerprint density at radius 1 is 1.12 bits per heavy atom. The number of thioether (sulfide) groups is 1. The minimum absolute atomic E-state index is 0.152. The van der Waals surface area contributed by atoms with E-state index in [2.05, 4.69) is 42.5 Å². The van der Waals surface area contributed by atoms with Gasteiger partial charge >= 0.3 is 5.97 Å². The Labute approximate surface area is 153 Å². The lowest BCUT2D eigenvalue weighted by molar-refractivity contribution is 0.0529. The Morgan fingerprint density at radius 2 is 1.84 bits per heavy atom. The van der Waals surface area contributed by atoms with E-state index in [1.54, 1.807) is 0 Å². The maximum absolute atomic E-state index is 12.4. The van der Waals surface area contributed by atoms with E-state index >= 15 is 0 Å². The fourth-order valence-electron chi connectivity index (χ4n) is 2.97. The molecule has 3 aromatic rings. The van der Waals surface area contributed by atoms with E-state index in [4.69, 9.17) is 4.74 Å². The highest BCUT2D eigenvalue weighted by Crippen LogP contribution is 2.39. The molecule has 0 fully saturated rings. The number of carbonyl (C=O) groups excluding carboxylic acids is 1. The summed E-state index contributed by atoms with van der Waals surface area (Å²) in [5.74, 6) is -0.265. The molecule has 1 atom stereocenters. The first-order valence-electron chi connectivity index (χ1n) is 8.59. The summed E-state index contributed by atoms with van der Waals surface area (Å²) in [7, 11) is 0. The fraction of sp³-hybridized carbons (Fsp3) is 0.286. The van der Waals surface area contributed by atoms with E-state index in [9.17, 15) is 4.79 Å². The van der Waals surface area contributed by atoms with Crippen molar-refractivity contribution in [2.24, 2.45) is 0 Å². The summed E-state index contributed by atoms with van der Waals surface area (Å²) in [6.45, 7) is 6.60. The van der Waals surface area contributed by atoms with Crippen LogP contribution in [-0.4, -0.2) is 22.2 Å². The number of aromatic nitrogens is 1. The smallest absolute Gasteiger partial charge is 0.340 e. The number of esters is 1. The fourth-order valence-corrected chi connectivity index (χ4v) is 4.15. The molecule has 25 heavy (non-hydrogen) atoms. The Morgan fingerprint density at radius 3 is 2.52 bits per heavy atom. The first-order valence-corrected chi connectivity index (χ1v) is 9.53. The van der Waals surface area contributed by atoms with Crippen molar-refractivity contribution in [3.63, 3.8) is 0 Å². The molecule has 0 aliphatic heterocycles. The van der Waals surface area contributed by atoms with E-state index in [0.29, 0.717) is 17.4 Å². The number of pyridine rings is 1. The monoisotopic (exact) mass is 353 g/mol. The second-order valence-electron chi connectivity index (χ2n) is 6.13. The van der Waals surface area contributed by atoms with Gasteiger partial charge in [0.1, 0.15) is 0 Å². The Hall–Kier alpha value is -2.20. The maximum atomic E-state index is 12.4. The summed E-state index contributed by atoms with van der Waals surface area (Å²) in [5.41, 5.74) is 3.85. The van der Waals surface area contributed by atoms with Crippen LogP contribution in [0.3, 0.4) is 0 Å². The molecule has 0 saturated carbocycles. The lowest BCUT2D eigenvalue weighted by atomic mass is 10.1. The molecule has 3 nitrogen and oxygen atoms in total. The molecule has 2 heterocycles. The predicted octanol–water partition coefficient (Wildman–Crippen LogP) is 5.35. The topological polar surface area (TPSA) is 30.7 Å². The van der Waals surface area contributed by atoms with Gasteiger partial charge in [0.25, 0.3) is 0 Å². The summed E-state index contributed by atoms with van der Waals surface area (Å²) >= 11 is 1.89. The molecule has 0 amide bonds. The summed E-state index contributed by atoms with van der Waals surface area (Å²) in [6, 6.07) is 18.3. The van der Waals surface area contributed by atoms with Gasteiger partial charge in [0.15, 0.2) is 0 Å². The third-order valence-electron chi connectivity index (χ3n) is 3.98. The van der Waals surface area contributed by atoms with Gasteiger partial charge in [-0.15, -0.1) is 11.8 Å². The zero-order valence-electron chi connectivity index (χ0n) is 14.8. The van der Waals surface area contributed by atoms with Gasteiger partial charge in [0, 0.05) is 17.1 Å². The van der Waals surface area contributed by atoms with Crippen molar-refractivity contribution in [3.05, 3.63) is 77.6 Å². The lowest BCUT2D eigenvalue weighted by Gasteiger charge is -2.19. The zero-order valence-corrected chi connectivity index (χ0v) is 15.6. The second kappa shape index (κ2) is 7.79. The van der Waals surface area contributed by atoms with E-state index in [0.717, 1.165) is 11.2 Å². The third-order valence-corrected chi connectivity index (χ3v) is 5.31. The van der Waals surface area contributed by atoms with Gasteiger partial charge in [0.05, 0.1) is 22.9 Å². The number of carbonyl (C=O) groups is 1. The van der Waals surface area contributed by atoms with Crippen LogP contribution in [0.15, 0.2) is 60.8 Å². The van der Waals surface area contributed by atoms with E-state index in [1.165, 1.54) is 5.56 Å². The number of benzene rings is 1. The van der Waals surface area contributed by atoms with Crippen LogP contribution in [0.4, 0.5) is 0 Å². The number of fused-ring (bicyclic) bond motifs is 1. The quantitative estimate of drug-likeness (QED) is 0.560. The van der Waals surface area contributed by atoms with Crippen LogP contribution >= 0.6 is 11.8 Å². The summed E-state index contributed by atoms with van der Waals surface area (Å²) < 4.78 is 7.37. The van der Waals surface area contributed by atoms with Gasteiger partial charge in [-0.2, -0.15) is 0 Å². The summed E-state index contributed by atoms with van der Waals surface area (Å²) in [5, 5.41) is 0.616. The van der Waals surface area contributed by atoms with Crippen LogP contribution in [0.2, 0.25) is 0 Å². The molecular formula is C21H23NO2S. The van der Waals surface area contributed by atoms with Crippen LogP contribution in [0.1, 0.15) is 47.6 Å². The molecule has 0 N–H and O–H groups in total. The molecule has 4 heteroatoms. The molecule has 0 saturated heterocycles. The van der Waals surface area contributed by atoms with Crippen LogP contribution in [0.25, 0.3) is 5.52 Å². The molecule has 0 aliphatic rings. The molecule has 3 rings (SSSR count). The normalized spacial score (nSPS) is 12.5. The lowest BCUT2D eigenvalue weighted by Crippen LogP contribution is -2.04. The Bertz CT molecular complexity index is 855. The van der Waals surface area contributed by atoms with Gasteiger partial charge in [-0.1, -0.05) is 50.2 Å². The second-order valence-corrected chi connectivity index (χ2v) is 7.82. The van der Waals surface area contributed by atoms with Crippen LogP contribution < -0.4 is 0 Å². The van der Waals surface area contributed by atoms with Crippen molar-refractivity contribution >= 4 is 23.2 Å². The Kier molecular flexibility index (Phi) is 5.49. The van der Waals surface area contributed by atoms with E-state index < -0.39 is 0 Å². The summed E-state index contributed by atoms with van der Waals surface area (Å²) in [4.78, 5) is 12.4. The largest absolute Gasteiger partial charge is 0.462 e. The first kappa shape index (κ1) is 17.6. The molecule has 2 aromatic heterocycles. The van der Waals surface area contributed by atoms with Gasteiger partial charge < -0.3 is 9.14 Å². The molecule has 0 bridgehead atoms. The van der Waals surface area contributed by atoms with Crippen molar-refractivity contribution in [2.75, 3.05) is 6.61 Å². The minimum atomic E-state index is -0.265. The Balaban J connectivity index is 2.16. The molecule has 0 radical (unpaired) electrons. The molecule has 0 unspecified atom stereocenters. The number of nitrogens with zero attached hydrogens (tertiary/aromatic N) is 1. The third kappa shape index (κ3) is 3.74. The molecule has 130 valence electrons. The molecular weight excluding hydrogens is 330 g/mol. The maximum Gasteiger partial charge on any atom is 0.340 e. The summed E-state index contributed by atoms with van der Waals surface area (Å²) in [6.07, 6.45) is 2.02. The van der Waals surface area contributed by atoms with E-state index in [1.807, 2.05) is 55.2 Å². The number of hydrogen-bond acceptors (Lipinski definition) is 3. The minimum Gasteiger partial charge on any atom is -0.462 e. The number of ether oxygens (including phenoxy) is 1. The van der Waals surface area contributed by atoms with Crippen molar-refractivity contribution in [1.29, 1.82) is 0 Å². The molecule has 1 aromatic carbocycles. The van der Waals surface area contributed by atoms with Crippen LogP contribution in [-0.2, 0) is 4.74 Å². The van der Waals surface area contributed by atoms with Gasteiger partial charge in [-0.3, -0.25) is 0 Å². The van der Waals surface area contributed by atoms with Crippen molar-refractivity contribution in [3.8, 4) is 0 Å². The highest BCUT2D eigenvalue weighted by Gasteiger charge is 2.24. The first-order chi connectivity index (χ1) is 12.1. The van der Waals surface area contributed by atoms with Crippen molar-refractivity contribution < 1.29 is 9.53 Å². The average Bonchev–Trinajstić information content (AvgIpc) is 3.00. The zero-order chi connectivity index (χ0) is 17.8.